The first-order valence-corrected chi connectivity index (χ1v) is 11.9. The van der Waals surface area contributed by atoms with Crippen molar-refractivity contribution < 1.29 is 4.79 Å². The van der Waals surface area contributed by atoms with E-state index in [1.54, 1.807) is 22.0 Å². The van der Waals surface area contributed by atoms with Crippen molar-refractivity contribution in [1.29, 1.82) is 0 Å². The fourth-order valence-electron chi connectivity index (χ4n) is 3.59. The van der Waals surface area contributed by atoms with E-state index in [4.69, 9.17) is 4.98 Å². The number of amides is 1. The minimum absolute atomic E-state index is 0.0570. The van der Waals surface area contributed by atoms with Crippen molar-refractivity contribution in [2.45, 2.75) is 32.0 Å². The van der Waals surface area contributed by atoms with Gasteiger partial charge in [0.2, 0.25) is 5.91 Å². The standard InChI is InChI=1S/C24H23N3O2S2/c1-15-8-6-9-16(2)22(15)27-23(29)18-10-4-5-11-19(18)26-24(27)31-14-21(28)25-17(3)20-12-7-13-30-20/h4-13,17H,14H2,1-3H3,(H,25,28). The molecule has 5 nitrogen and oxygen atoms in total. The van der Waals surface area contributed by atoms with Crippen molar-refractivity contribution in [2.75, 3.05) is 5.75 Å². The van der Waals surface area contributed by atoms with E-state index in [-0.39, 0.29) is 23.3 Å². The lowest BCUT2D eigenvalue weighted by molar-refractivity contribution is -0.119. The van der Waals surface area contributed by atoms with Gasteiger partial charge in [-0.25, -0.2) is 4.98 Å². The molecule has 0 aliphatic heterocycles. The summed E-state index contributed by atoms with van der Waals surface area (Å²) >= 11 is 2.89. The molecule has 4 rings (SSSR count). The topological polar surface area (TPSA) is 64.0 Å². The van der Waals surface area contributed by atoms with E-state index in [9.17, 15) is 9.59 Å². The van der Waals surface area contributed by atoms with Crippen LogP contribution in [0.3, 0.4) is 0 Å². The highest BCUT2D eigenvalue weighted by Crippen LogP contribution is 2.26. The number of thiophene rings is 1. The molecule has 2 aromatic carbocycles. The number of benzene rings is 2. The summed E-state index contributed by atoms with van der Waals surface area (Å²) in [6.45, 7) is 5.93. The molecule has 31 heavy (non-hydrogen) atoms. The van der Waals surface area contributed by atoms with E-state index in [1.165, 1.54) is 11.8 Å². The molecule has 7 heteroatoms. The smallest absolute Gasteiger partial charge is 0.266 e. The maximum atomic E-state index is 13.4. The average molecular weight is 450 g/mol. The summed E-state index contributed by atoms with van der Waals surface area (Å²) in [6, 6.07) is 17.2. The van der Waals surface area contributed by atoms with E-state index >= 15 is 0 Å². The molecule has 1 amide bonds. The molecular formula is C24H23N3O2S2. The van der Waals surface area contributed by atoms with E-state index in [2.05, 4.69) is 5.32 Å². The minimum atomic E-state index is -0.127. The molecule has 0 aliphatic rings. The highest BCUT2D eigenvalue weighted by atomic mass is 32.2. The zero-order valence-electron chi connectivity index (χ0n) is 17.6. The quantitative estimate of drug-likeness (QED) is 0.331. The average Bonchev–Trinajstić information content (AvgIpc) is 3.29. The van der Waals surface area contributed by atoms with Crippen molar-refractivity contribution in [3.63, 3.8) is 0 Å². The van der Waals surface area contributed by atoms with E-state index in [1.807, 2.05) is 74.7 Å². The monoisotopic (exact) mass is 449 g/mol. The first-order valence-electron chi connectivity index (χ1n) is 9.99. The Kier molecular flexibility index (Phi) is 6.25. The summed E-state index contributed by atoms with van der Waals surface area (Å²) in [6.07, 6.45) is 0. The Balaban J connectivity index is 1.70. The van der Waals surface area contributed by atoms with E-state index < -0.39 is 0 Å². The molecule has 0 fully saturated rings. The summed E-state index contributed by atoms with van der Waals surface area (Å²) in [4.78, 5) is 31.9. The molecule has 158 valence electrons. The van der Waals surface area contributed by atoms with E-state index in [0.29, 0.717) is 16.1 Å². The van der Waals surface area contributed by atoms with Gasteiger partial charge in [-0.3, -0.25) is 14.2 Å². The van der Waals surface area contributed by atoms with Crippen molar-refractivity contribution in [1.82, 2.24) is 14.9 Å². The third-order valence-electron chi connectivity index (χ3n) is 5.09. The summed E-state index contributed by atoms with van der Waals surface area (Å²) in [5.74, 6) is 0.0761. The Bertz CT molecular complexity index is 1280. The van der Waals surface area contributed by atoms with Crippen LogP contribution in [0.5, 0.6) is 0 Å². The maximum absolute atomic E-state index is 13.4. The number of fused-ring (bicyclic) bond motifs is 1. The van der Waals surface area contributed by atoms with Crippen LogP contribution in [0, 0.1) is 13.8 Å². The molecule has 1 atom stereocenters. The first kappa shape index (κ1) is 21.3. The second-order valence-electron chi connectivity index (χ2n) is 7.39. The zero-order valence-corrected chi connectivity index (χ0v) is 19.2. The molecule has 0 bridgehead atoms. The van der Waals surface area contributed by atoms with Crippen LogP contribution in [-0.2, 0) is 4.79 Å². The number of nitrogens with zero attached hydrogens (tertiary/aromatic N) is 2. The second-order valence-corrected chi connectivity index (χ2v) is 9.31. The SMILES string of the molecule is Cc1cccc(C)c1-n1c(SCC(=O)NC(C)c2cccs2)nc2ccccc2c1=O. The van der Waals surface area contributed by atoms with Crippen molar-refractivity contribution in [3.8, 4) is 5.69 Å². The molecule has 4 aromatic rings. The van der Waals surface area contributed by atoms with Gasteiger partial charge in [-0.15, -0.1) is 11.3 Å². The van der Waals surface area contributed by atoms with Crippen LogP contribution in [0.2, 0.25) is 0 Å². The molecule has 2 aromatic heterocycles. The Hall–Kier alpha value is -2.90. The van der Waals surface area contributed by atoms with Crippen LogP contribution in [0.15, 0.2) is 69.9 Å². The van der Waals surface area contributed by atoms with Gasteiger partial charge in [-0.05, 0) is 55.5 Å². The first-order chi connectivity index (χ1) is 15.0. The van der Waals surface area contributed by atoms with Crippen LogP contribution in [0.1, 0.15) is 29.0 Å². The summed E-state index contributed by atoms with van der Waals surface area (Å²) in [5.41, 5.74) is 3.29. The van der Waals surface area contributed by atoms with Crippen molar-refractivity contribution in [2.24, 2.45) is 0 Å². The Morgan fingerprint density at radius 2 is 1.84 bits per heavy atom. The van der Waals surface area contributed by atoms with E-state index in [0.717, 1.165) is 21.7 Å². The number of aryl methyl sites for hydroxylation is 2. The van der Waals surface area contributed by atoms with Crippen molar-refractivity contribution in [3.05, 3.63) is 86.3 Å². The number of nitrogens with one attached hydrogen (secondary N) is 1. The lowest BCUT2D eigenvalue weighted by Gasteiger charge is -2.17. The number of carbonyl (C=O) groups excluding carboxylic acids is 1. The molecule has 2 heterocycles. The summed E-state index contributed by atoms with van der Waals surface area (Å²) < 4.78 is 1.65. The fourth-order valence-corrected chi connectivity index (χ4v) is 5.13. The third kappa shape index (κ3) is 4.43. The Morgan fingerprint density at radius 3 is 2.55 bits per heavy atom. The van der Waals surface area contributed by atoms with Crippen LogP contribution in [0.25, 0.3) is 16.6 Å². The van der Waals surface area contributed by atoms with Gasteiger partial charge in [0.1, 0.15) is 0 Å². The van der Waals surface area contributed by atoms with Crippen LogP contribution >= 0.6 is 23.1 Å². The van der Waals surface area contributed by atoms with Gasteiger partial charge in [0, 0.05) is 4.88 Å². The third-order valence-corrected chi connectivity index (χ3v) is 7.08. The number of carbonyl (C=O) groups is 1. The molecule has 1 N–H and O–H groups in total. The van der Waals surface area contributed by atoms with Gasteiger partial charge in [-0.1, -0.05) is 48.2 Å². The van der Waals surface area contributed by atoms with Crippen molar-refractivity contribution >= 4 is 39.9 Å². The van der Waals surface area contributed by atoms with Gasteiger partial charge in [0.15, 0.2) is 5.16 Å². The molecular weight excluding hydrogens is 426 g/mol. The van der Waals surface area contributed by atoms with Gasteiger partial charge in [-0.2, -0.15) is 0 Å². The molecule has 1 unspecified atom stereocenters. The lowest BCUT2D eigenvalue weighted by Crippen LogP contribution is -2.28. The summed E-state index contributed by atoms with van der Waals surface area (Å²) in [7, 11) is 0. The van der Waals surface area contributed by atoms with Gasteiger partial charge in [0.25, 0.3) is 5.56 Å². The van der Waals surface area contributed by atoms with Crippen LogP contribution < -0.4 is 10.9 Å². The number of thioether (sulfide) groups is 1. The highest BCUT2D eigenvalue weighted by Gasteiger charge is 2.18. The number of para-hydroxylation sites is 2. The summed E-state index contributed by atoms with van der Waals surface area (Å²) in [5, 5.41) is 6.09. The van der Waals surface area contributed by atoms with Gasteiger partial charge < -0.3 is 5.32 Å². The maximum Gasteiger partial charge on any atom is 0.266 e. The second kappa shape index (κ2) is 9.08. The molecule has 0 saturated carbocycles. The highest BCUT2D eigenvalue weighted by molar-refractivity contribution is 7.99. The van der Waals surface area contributed by atoms with Gasteiger partial charge in [0.05, 0.1) is 28.4 Å². The predicted octanol–water partition coefficient (Wildman–Crippen LogP) is 5.03. The number of hydrogen-bond donors (Lipinski definition) is 1. The number of aromatic nitrogens is 2. The number of rotatable bonds is 6. The lowest BCUT2D eigenvalue weighted by atomic mass is 10.1. The van der Waals surface area contributed by atoms with Gasteiger partial charge >= 0.3 is 0 Å². The fraction of sp³-hybridized carbons (Fsp3) is 0.208. The number of hydrogen-bond acceptors (Lipinski definition) is 5. The molecule has 0 aliphatic carbocycles. The Labute approximate surface area is 189 Å². The molecule has 0 saturated heterocycles. The molecule has 0 radical (unpaired) electrons. The normalized spacial score (nSPS) is 12.1. The zero-order chi connectivity index (χ0) is 22.0. The predicted molar refractivity (Wildman–Crippen MR) is 128 cm³/mol. The van der Waals surface area contributed by atoms with Crippen LogP contribution in [-0.4, -0.2) is 21.2 Å². The molecule has 0 spiro atoms. The Morgan fingerprint density at radius 1 is 1.10 bits per heavy atom. The largest absolute Gasteiger partial charge is 0.348 e. The van der Waals surface area contributed by atoms with Crippen LogP contribution in [0.4, 0.5) is 0 Å². The minimum Gasteiger partial charge on any atom is -0.348 e.